The third kappa shape index (κ3) is 4.29. The van der Waals surface area contributed by atoms with Crippen molar-refractivity contribution in [3.8, 4) is 0 Å². The summed E-state index contributed by atoms with van der Waals surface area (Å²) < 4.78 is 5.38. The van der Waals surface area contributed by atoms with Gasteiger partial charge < -0.3 is 15.2 Å². The van der Waals surface area contributed by atoms with Crippen LogP contribution < -0.4 is 5.32 Å². The summed E-state index contributed by atoms with van der Waals surface area (Å²) in [5.41, 5.74) is 0. The van der Waals surface area contributed by atoms with Crippen molar-refractivity contribution in [3.63, 3.8) is 0 Å². The number of carboxylic acids is 1. The molecule has 1 fully saturated rings. The van der Waals surface area contributed by atoms with E-state index in [-0.39, 0.29) is 12.0 Å². The van der Waals surface area contributed by atoms with Crippen molar-refractivity contribution in [2.45, 2.75) is 44.8 Å². The maximum Gasteiger partial charge on any atom is 0.326 e. The molecule has 0 spiro atoms. The normalized spacial score (nSPS) is 22.3. The minimum Gasteiger partial charge on any atom is -0.480 e. The van der Waals surface area contributed by atoms with Gasteiger partial charge >= 0.3 is 5.97 Å². The zero-order valence-corrected chi connectivity index (χ0v) is 8.86. The second-order valence-corrected chi connectivity index (χ2v) is 3.80. The van der Waals surface area contributed by atoms with Crippen LogP contribution in [-0.2, 0) is 14.3 Å². The molecule has 15 heavy (non-hydrogen) atoms. The standard InChI is InChI=1S/C10H17NO4/c1-7(12)11-9(10(13)14)5-4-8-3-2-6-15-8/h8-9H,2-6H2,1H3,(H,11,12)(H,13,14). The summed E-state index contributed by atoms with van der Waals surface area (Å²) in [6, 6.07) is -0.785. The van der Waals surface area contributed by atoms with E-state index in [9.17, 15) is 9.59 Å². The molecule has 5 heteroatoms. The molecule has 2 N–H and O–H groups in total. The van der Waals surface area contributed by atoms with Gasteiger partial charge in [0.15, 0.2) is 0 Å². The lowest BCUT2D eigenvalue weighted by Crippen LogP contribution is -2.40. The summed E-state index contributed by atoms with van der Waals surface area (Å²) in [6.45, 7) is 2.09. The van der Waals surface area contributed by atoms with E-state index in [0.29, 0.717) is 12.8 Å². The highest BCUT2D eigenvalue weighted by Crippen LogP contribution is 2.17. The van der Waals surface area contributed by atoms with Crippen molar-refractivity contribution < 1.29 is 19.4 Å². The number of nitrogens with one attached hydrogen (secondary N) is 1. The van der Waals surface area contributed by atoms with Gasteiger partial charge in [-0.25, -0.2) is 4.79 Å². The summed E-state index contributed by atoms with van der Waals surface area (Å²) in [4.78, 5) is 21.5. The van der Waals surface area contributed by atoms with Crippen LogP contribution in [0.2, 0.25) is 0 Å². The van der Waals surface area contributed by atoms with Gasteiger partial charge in [0.25, 0.3) is 0 Å². The maximum absolute atomic E-state index is 10.8. The summed E-state index contributed by atoms with van der Waals surface area (Å²) in [5.74, 6) is -1.29. The summed E-state index contributed by atoms with van der Waals surface area (Å²) in [6.07, 6.45) is 3.33. The molecule has 86 valence electrons. The van der Waals surface area contributed by atoms with Crippen molar-refractivity contribution in [2.24, 2.45) is 0 Å². The summed E-state index contributed by atoms with van der Waals surface area (Å²) >= 11 is 0. The molecule has 0 radical (unpaired) electrons. The van der Waals surface area contributed by atoms with Crippen LogP contribution in [0, 0.1) is 0 Å². The lowest BCUT2D eigenvalue weighted by Gasteiger charge is -2.15. The topological polar surface area (TPSA) is 75.6 Å². The van der Waals surface area contributed by atoms with Crippen molar-refractivity contribution in [3.05, 3.63) is 0 Å². The second-order valence-electron chi connectivity index (χ2n) is 3.80. The molecule has 1 saturated heterocycles. The Morgan fingerprint density at radius 1 is 1.60 bits per heavy atom. The molecule has 0 aromatic carbocycles. The second kappa shape index (κ2) is 5.70. The third-order valence-corrected chi connectivity index (χ3v) is 2.48. The van der Waals surface area contributed by atoms with E-state index in [1.165, 1.54) is 6.92 Å². The van der Waals surface area contributed by atoms with Crippen LogP contribution in [0.4, 0.5) is 0 Å². The Bertz CT molecular complexity index is 236. The molecule has 1 amide bonds. The van der Waals surface area contributed by atoms with Gasteiger partial charge in [0, 0.05) is 13.5 Å². The number of aliphatic carboxylic acids is 1. The van der Waals surface area contributed by atoms with Gasteiger partial charge in [0.05, 0.1) is 6.10 Å². The van der Waals surface area contributed by atoms with Crippen LogP contribution in [0.25, 0.3) is 0 Å². The van der Waals surface area contributed by atoms with Gasteiger partial charge in [0.2, 0.25) is 5.91 Å². The molecule has 5 nitrogen and oxygen atoms in total. The van der Waals surface area contributed by atoms with E-state index in [4.69, 9.17) is 9.84 Å². The maximum atomic E-state index is 10.8. The van der Waals surface area contributed by atoms with Crippen molar-refractivity contribution in [1.82, 2.24) is 5.32 Å². The van der Waals surface area contributed by atoms with Gasteiger partial charge in [-0.1, -0.05) is 0 Å². The zero-order valence-electron chi connectivity index (χ0n) is 8.86. The van der Waals surface area contributed by atoms with Gasteiger partial charge in [-0.05, 0) is 25.7 Å². The first-order chi connectivity index (χ1) is 7.09. The molecule has 0 aromatic heterocycles. The van der Waals surface area contributed by atoms with E-state index in [0.717, 1.165) is 19.4 Å². The Morgan fingerprint density at radius 3 is 2.80 bits per heavy atom. The monoisotopic (exact) mass is 215 g/mol. The smallest absolute Gasteiger partial charge is 0.326 e. The number of rotatable bonds is 5. The van der Waals surface area contributed by atoms with Crippen LogP contribution >= 0.6 is 0 Å². The fourth-order valence-corrected chi connectivity index (χ4v) is 1.73. The van der Waals surface area contributed by atoms with Crippen molar-refractivity contribution in [1.29, 1.82) is 0 Å². The molecule has 1 rings (SSSR count). The molecular weight excluding hydrogens is 198 g/mol. The highest BCUT2D eigenvalue weighted by molar-refractivity contribution is 5.81. The van der Waals surface area contributed by atoms with Crippen LogP contribution in [-0.4, -0.2) is 35.7 Å². The average Bonchev–Trinajstić information content (AvgIpc) is 2.63. The molecular formula is C10H17NO4. The van der Waals surface area contributed by atoms with Crippen LogP contribution in [0.15, 0.2) is 0 Å². The Hall–Kier alpha value is -1.10. The number of hydrogen-bond acceptors (Lipinski definition) is 3. The lowest BCUT2D eigenvalue weighted by atomic mass is 10.1. The van der Waals surface area contributed by atoms with Crippen molar-refractivity contribution in [2.75, 3.05) is 6.61 Å². The predicted molar refractivity (Wildman–Crippen MR) is 53.4 cm³/mol. The first-order valence-electron chi connectivity index (χ1n) is 5.21. The first kappa shape index (κ1) is 12.0. The highest BCUT2D eigenvalue weighted by atomic mass is 16.5. The Balaban J connectivity index is 2.30. The number of amides is 1. The number of carbonyl (C=O) groups is 2. The van der Waals surface area contributed by atoms with Crippen LogP contribution in [0.5, 0.6) is 0 Å². The quantitative estimate of drug-likeness (QED) is 0.701. The molecule has 0 aliphatic carbocycles. The Kier molecular flexibility index (Phi) is 4.55. The largest absolute Gasteiger partial charge is 0.480 e. The first-order valence-corrected chi connectivity index (χ1v) is 5.21. The molecule has 2 atom stereocenters. The molecule has 1 aliphatic heterocycles. The lowest BCUT2D eigenvalue weighted by molar-refractivity contribution is -0.141. The van der Waals surface area contributed by atoms with Gasteiger partial charge in [-0.2, -0.15) is 0 Å². The summed E-state index contributed by atoms with van der Waals surface area (Å²) in [5, 5.41) is 11.2. The van der Waals surface area contributed by atoms with Crippen LogP contribution in [0.3, 0.4) is 0 Å². The third-order valence-electron chi connectivity index (χ3n) is 2.48. The van der Waals surface area contributed by atoms with Crippen LogP contribution in [0.1, 0.15) is 32.6 Å². The Labute approximate surface area is 88.8 Å². The number of ether oxygens (including phenoxy) is 1. The fraction of sp³-hybridized carbons (Fsp3) is 0.800. The molecule has 1 aliphatic rings. The van der Waals surface area contributed by atoms with E-state index >= 15 is 0 Å². The zero-order chi connectivity index (χ0) is 11.3. The summed E-state index contributed by atoms with van der Waals surface area (Å²) in [7, 11) is 0. The fourth-order valence-electron chi connectivity index (χ4n) is 1.73. The number of carbonyl (C=O) groups excluding carboxylic acids is 1. The average molecular weight is 215 g/mol. The molecule has 0 saturated carbocycles. The number of carboxylic acid groups (broad SMARTS) is 1. The Morgan fingerprint density at radius 2 is 2.33 bits per heavy atom. The molecule has 0 aromatic rings. The van der Waals surface area contributed by atoms with Gasteiger partial charge in [-0.3, -0.25) is 4.79 Å². The predicted octanol–water partition coefficient (Wildman–Crippen LogP) is 0.535. The molecule has 2 unspecified atom stereocenters. The van der Waals surface area contributed by atoms with Gasteiger partial charge in [0.1, 0.15) is 6.04 Å². The molecule has 1 heterocycles. The van der Waals surface area contributed by atoms with E-state index in [1.54, 1.807) is 0 Å². The van der Waals surface area contributed by atoms with E-state index in [1.807, 2.05) is 0 Å². The minimum absolute atomic E-state index is 0.167. The van der Waals surface area contributed by atoms with Crippen molar-refractivity contribution >= 4 is 11.9 Å². The van der Waals surface area contributed by atoms with E-state index in [2.05, 4.69) is 5.32 Å². The highest BCUT2D eigenvalue weighted by Gasteiger charge is 2.22. The number of hydrogen-bond donors (Lipinski definition) is 2. The SMILES string of the molecule is CC(=O)NC(CCC1CCCO1)C(=O)O. The molecule has 0 bridgehead atoms. The van der Waals surface area contributed by atoms with E-state index < -0.39 is 12.0 Å². The minimum atomic E-state index is -0.983. The van der Waals surface area contributed by atoms with Gasteiger partial charge in [-0.15, -0.1) is 0 Å².